The number of rotatable bonds is 13. The van der Waals surface area contributed by atoms with E-state index in [4.69, 9.17) is 10.9 Å². The van der Waals surface area contributed by atoms with Crippen LogP contribution in [0.2, 0.25) is 0 Å². The lowest BCUT2D eigenvalue weighted by atomic mass is 10.2. The fraction of sp³-hybridized carbons (Fsp3) is 0.800. The molecule has 10 heteroatoms. The van der Waals surface area contributed by atoms with E-state index in [0.29, 0.717) is 23.1 Å². The minimum atomic E-state index is -1.43. The minimum absolute atomic E-state index is 0.123. The molecule has 0 aromatic carbocycles. The summed E-state index contributed by atoms with van der Waals surface area (Å²) in [7, 11) is 0. The molecule has 9 nitrogen and oxygen atoms in total. The third kappa shape index (κ3) is 12.3. The first kappa shape index (κ1) is 23.2. The smallest absolute Gasteiger partial charge is 0.246 e. The molecule has 3 amide bonds. The maximum atomic E-state index is 13.5. The first-order valence-electron chi connectivity index (χ1n) is 8.35. The highest BCUT2D eigenvalue weighted by atomic mass is 19.1. The number of nitrogens with two attached hydrogens (primary N) is 1. The van der Waals surface area contributed by atoms with Gasteiger partial charge in [0.25, 0.3) is 0 Å². The lowest BCUT2D eigenvalue weighted by Gasteiger charge is -2.16. The molecule has 0 aliphatic heterocycles. The van der Waals surface area contributed by atoms with Gasteiger partial charge in [0, 0.05) is 39.3 Å². The second-order valence-electron chi connectivity index (χ2n) is 5.70. The van der Waals surface area contributed by atoms with Crippen LogP contribution in [0.15, 0.2) is 0 Å². The number of carbonyl (C=O) groups is 3. The fourth-order valence-corrected chi connectivity index (χ4v) is 1.89. The van der Waals surface area contributed by atoms with Crippen LogP contribution in [0.25, 0.3) is 0 Å². The molecule has 0 aliphatic carbocycles. The zero-order valence-corrected chi connectivity index (χ0v) is 14.6. The second kappa shape index (κ2) is 13.5. The van der Waals surface area contributed by atoms with Gasteiger partial charge in [-0.25, -0.2) is 14.5 Å². The summed E-state index contributed by atoms with van der Waals surface area (Å²) in [5.74, 6) is -1.68. The Hall–Kier alpha value is -1.78. The van der Waals surface area contributed by atoms with E-state index >= 15 is 0 Å². The van der Waals surface area contributed by atoms with Crippen LogP contribution < -0.4 is 11.1 Å². The van der Waals surface area contributed by atoms with Crippen LogP contribution in [0.5, 0.6) is 0 Å². The van der Waals surface area contributed by atoms with E-state index in [1.165, 1.54) is 0 Å². The summed E-state index contributed by atoms with van der Waals surface area (Å²) < 4.78 is 13.5. The summed E-state index contributed by atoms with van der Waals surface area (Å²) >= 11 is 0. The topological polar surface area (TPSA) is 136 Å². The van der Waals surface area contributed by atoms with Gasteiger partial charge in [0.1, 0.15) is 6.17 Å². The maximum Gasteiger partial charge on any atom is 0.246 e. The van der Waals surface area contributed by atoms with Crippen molar-refractivity contribution in [1.82, 2.24) is 15.4 Å². The molecule has 1 atom stereocenters. The third-order valence-corrected chi connectivity index (χ3v) is 3.47. The SMILES string of the molecule is CC(=O)N(O)CCC(F)CNC(=O)CCC(=O)N(O)CCCCCN. The number of hydrogen-bond donors (Lipinski definition) is 4. The van der Waals surface area contributed by atoms with Crippen molar-refractivity contribution in [1.29, 1.82) is 0 Å². The largest absolute Gasteiger partial charge is 0.353 e. The van der Waals surface area contributed by atoms with Crippen molar-refractivity contribution in [3.63, 3.8) is 0 Å². The number of amides is 3. The van der Waals surface area contributed by atoms with Crippen molar-refractivity contribution in [2.75, 3.05) is 26.2 Å². The molecule has 0 heterocycles. The summed E-state index contributed by atoms with van der Waals surface area (Å²) in [5, 5.41) is 21.9. The Kier molecular flexibility index (Phi) is 12.5. The number of unbranched alkanes of at least 4 members (excludes halogenated alkanes) is 2. The molecule has 0 saturated heterocycles. The van der Waals surface area contributed by atoms with Gasteiger partial charge in [-0.05, 0) is 19.4 Å². The molecular weight excluding hydrogens is 335 g/mol. The zero-order valence-electron chi connectivity index (χ0n) is 14.6. The van der Waals surface area contributed by atoms with Gasteiger partial charge in [0.15, 0.2) is 0 Å². The van der Waals surface area contributed by atoms with Crippen molar-refractivity contribution >= 4 is 17.7 Å². The molecule has 0 spiro atoms. The van der Waals surface area contributed by atoms with E-state index in [1.807, 2.05) is 0 Å². The van der Waals surface area contributed by atoms with Crippen LogP contribution >= 0.6 is 0 Å². The Morgan fingerprint density at radius 3 is 2.36 bits per heavy atom. The molecule has 146 valence electrons. The van der Waals surface area contributed by atoms with Crippen molar-refractivity contribution in [3.05, 3.63) is 0 Å². The van der Waals surface area contributed by atoms with E-state index in [1.54, 1.807) is 0 Å². The molecular formula is C15H29FN4O5. The van der Waals surface area contributed by atoms with Crippen LogP contribution in [-0.4, -0.2) is 70.6 Å². The summed E-state index contributed by atoms with van der Waals surface area (Å²) in [4.78, 5) is 33.9. The van der Waals surface area contributed by atoms with Crippen LogP contribution in [-0.2, 0) is 14.4 Å². The normalized spacial score (nSPS) is 11.7. The monoisotopic (exact) mass is 364 g/mol. The molecule has 0 fully saturated rings. The summed E-state index contributed by atoms with van der Waals surface area (Å²) in [6.07, 6.45) is 0.351. The third-order valence-electron chi connectivity index (χ3n) is 3.47. The molecule has 25 heavy (non-hydrogen) atoms. The maximum absolute atomic E-state index is 13.5. The number of hydrogen-bond acceptors (Lipinski definition) is 6. The Bertz CT molecular complexity index is 425. The van der Waals surface area contributed by atoms with E-state index in [9.17, 15) is 24.0 Å². The fourth-order valence-electron chi connectivity index (χ4n) is 1.89. The predicted molar refractivity (Wildman–Crippen MR) is 87.3 cm³/mol. The standard InChI is InChI=1S/C15H29FN4O5/c1-12(21)19(24)10-7-13(16)11-18-14(22)5-6-15(23)20(25)9-4-2-3-8-17/h13,24-25H,2-11,17H2,1H3,(H,18,22). The van der Waals surface area contributed by atoms with Crippen molar-refractivity contribution < 1.29 is 29.2 Å². The Morgan fingerprint density at radius 2 is 1.76 bits per heavy atom. The number of hydroxylamine groups is 4. The van der Waals surface area contributed by atoms with E-state index in [-0.39, 0.29) is 38.9 Å². The molecule has 0 rings (SSSR count). The van der Waals surface area contributed by atoms with Crippen LogP contribution in [0, 0.1) is 0 Å². The predicted octanol–water partition coefficient (Wildman–Crippen LogP) is 0.196. The Balaban J connectivity index is 3.84. The van der Waals surface area contributed by atoms with Gasteiger partial charge < -0.3 is 11.1 Å². The first-order valence-corrected chi connectivity index (χ1v) is 8.35. The minimum Gasteiger partial charge on any atom is -0.353 e. The average molecular weight is 364 g/mol. The van der Waals surface area contributed by atoms with Crippen molar-refractivity contribution in [2.24, 2.45) is 5.73 Å². The van der Waals surface area contributed by atoms with Crippen LogP contribution in [0.4, 0.5) is 4.39 Å². The van der Waals surface area contributed by atoms with Gasteiger partial charge in [-0.15, -0.1) is 0 Å². The molecule has 0 aliphatic rings. The highest BCUT2D eigenvalue weighted by Crippen LogP contribution is 2.02. The Labute approximate surface area is 146 Å². The van der Waals surface area contributed by atoms with E-state index < -0.39 is 23.9 Å². The number of nitrogens with one attached hydrogen (secondary N) is 1. The summed E-state index contributed by atoms with van der Waals surface area (Å²) in [6.45, 7) is 1.44. The van der Waals surface area contributed by atoms with E-state index in [0.717, 1.165) is 19.8 Å². The molecule has 1 unspecified atom stereocenters. The van der Waals surface area contributed by atoms with Gasteiger partial charge >= 0.3 is 0 Å². The molecule has 0 bridgehead atoms. The summed E-state index contributed by atoms with van der Waals surface area (Å²) in [5.41, 5.74) is 5.34. The van der Waals surface area contributed by atoms with Gasteiger partial charge in [-0.1, -0.05) is 6.42 Å². The zero-order chi connectivity index (χ0) is 19.2. The number of halogens is 1. The van der Waals surface area contributed by atoms with Gasteiger partial charge in [0.05, 0.1) is 6.54 Å². The average Bonchev–Trinajstić information content (AvgIpc) is 2.58. The Morgan fingerprint density at radius 1 is 1.08 bits per heavy atom. The van der Waals surface area contributed by atoms with Crippen molar-refractivity contribution in [3.8, 4) is 0 Å². The van der Waals surface area contributed by atoms with Gasteiger partial charge in [-0.2, -0.15) is 0 Å². The lowest BCUT2D eigenvalue weighted by molar-refractivity contribution is -0.166. The number of carbonyl (C=O) groups excluding carboxylic acids is 3. The lowest BCUT2D eigenvalue weighted by Crippen LogP contribution is -2.34. The highest BCUT2D eigenvalue weighted by molar-refractivity contribution is 5.83. The highest BCUT2D eigenvalue weighted by Gasteiger charge is 2.15. The van der Waals surface area contributed by atoms with Gasteiger partial charge in [0.2, 0.25) is 17.7 Å². The summed E-state index contributed by atoms with van der Waals surface area (Å²) in [6, 6.07) is 0. The second-order valence-corrected chi connectivity index (χ2v) is 5.70. The van der Waals surface area contributed by atoms with Crippen LogP contribution in [0.1, 0.15) is 45.4 Å². The number of nitrogens with zero attached hydrogens (tertiary/aromatic N) is 2. The van der Waals surface area contributed by atoms with Crippen LogP contribution in [0.3, 0.4) is 0 Å². The quantitative estimate of drug-likeness (QED) is 0.209. The van der Waals surface area contributed by atoms with Crippen molar-refractivity contribution in [2.45, 2.75) is 51.6 Å². The molecule has 0 aromatic heterocycles. The molecule has 0 saturated carbocycles. The molecule has 0 radical (unpaired) electrons. The molecule has 0 aromatic rings. The first-order chi connectivity index (χ1) is 11.8. The molecule has 5 N–H and O–H groups in total. The van der Waals surface area contributed by atoms with Gasteiger partial charge in [-0.3, -0.25) is 24.8 Å². The number of alkyl halides is 1. The van der Waals surface area contributed by atoms with E-state index in [2.05, 4.69) is 5.32 Å².